The Bertz CT molecular complexity index is 2590. The number of aromatic amines is 2. The number of hydrogen-bond donors (Lipinski definition) is 3. The van der Waals surface area contributed by atoms with Gasteiger partial charge in [-0.25, -0.2) is 13.6 Å². The van der Waals surface area contributed by atoms with E-state index < -0.39 is 17.0 Å². The Morgan fingerprint density at radius 3 is 1.80 bits per heavy atom. The van der Waals surface area contributed by atoms with E-state index in [9.17, 15) is 23.2 Å². The Morgan fingerprint density at radius 1 is 0.683 bits per heavy atom. The SMILES string of the molecule is CCc1ccc(F)c2c(=O)[nH]c(-c3ccc(CN4CCN(C(=O)OC(C)(C)C)CC4)cc3)cc12.Cc1cc(F)cc2c(=O)[nH]c(-c3ccc(CN4CCNCC4)cc3)cc12. The first-order chi connectivity index (χ1) is 28.7. The van der Waals surface area contributed by atoms with Crippen molar-refractivity contribution in [1.82, 2.24) is 30.0 Å². The predicted molar refractivity (Wildman–Crippen MR) is 235 cm³/mol. The third-order valence-electron chi connectivity index (χ3n) is 11.1. The largest absolute Gasteiger partial charge is 0.444 e. The fourth-order valence-electron chi connectivity index (χ4n) is 7.90. The minimum atomic E-state index is -0.498. The van der Waals surface area contributed by atoms with Gasteiger partial charge in [0.25, 0.3) is 11.1 Å². The van der Waals surface area contributed by atoms with E-state index in [1.165, 1.54) is 23.8 Å². The molecule has 3 N–H and O–H groups in total. The molecule has 2 aliphatic rings. The Balaban J connectivity index is 0.000000188. The number of benzene rings is 4. The number of nitrogens with zero attached hydrogens (tertiary/aromatic N) is 3. The number of piperazine rings is 2. The molecule has 10 nitrogen and oxygen atoms in total. The van der Waals surface area contributed by atoms with Crippen LogP contribution < -0.4 is 16.4 Å². The predicted octanol–water partition coefficient (Wildman–Crippen LogP) is 8.00. The maximum atomic E-state index is 14.3. The molecular weight excluding hydrogens is 763 g/mol. The summed E-state index contributed by atoms with van der Waals surface area (Å²) < 4.78 is 33.3. The molecular formula is C48H54F2N6O4. The number of halogens is 2. The zero-order valence-corrected chi connectivity index (χ0v) is 35.1. The Hall–Kier alpha value is -5.69. The number of pyridine rings is 2. The van der Waals surface area contributed by atoms with Crippen molar-refractivity contribution in [1.29, 1.82) is 0 Å². The summed E-state index contributed by atoms with van der Waals surface area (Å²) >= 11 is 0. The number of aryl methyl sites for hydroxylation is 2. The van der Waals surface area contributed by atoms with E-state index in [4.69, 9.17) is 4.74 Å². The van der Waals surface area contributed by atoms with Crippen molar-refractivity contribution in [3.63, 3.8) is 0 Å². The van der Waals surface area contributed by atoms with Crippen LogP contribution in [0.15, 0.2) is 94.5 Å². The third-order valence-corrected chi connectivity index (χ3v) is 11.1. The molecule has 6 aromatic rings. The molecule has 0 radical (unpaired) electrons. The molecule has 60 heavy (non-hydrogen) atoms. The lowest BCUT2D eigenvalue weighted by molar-refractivity contribution is 0.0139. The number of carbonyl (C=O) groups excluding carboxylic acids is 1. The topological polar surface area (TPSA) is 114 Å². The van der Waals surface area contributed by atoms with Gasteiger partial charge in [-0.05, 0) is 109 Å². The number of H-pyrrole nitrogens is 2. The van der Waals surface area contributed by atoms with Crippen LogP contribution in [0.25, 0.3) is 44.1 Å². The fraction of sp³-hybridized carbons (Fsp3) is 0.354. The van der Waals surface area contributed by atoms with Crippen LogP contribution in [-0.4, -0.2) is 88.7 Å². The van der Waals surface area contributed by atoms with Gasteiger partial charge in [0, 0.05) is 76.8 Å². The van der Waals surface area contributed by atoms with E-state index in [1.54, 1.807) is 11.0 Å². The molecule has 2 aromatic heterocycles. The van der Waals surface area contributed by atoms with E-state index in [0.29, 0.717) is 29.6 Å². The lowest BCUT2D eigenvalue weighted by Crippen LogP contribution is -2.49. The molecule has 0 spiro atoms. The van der Waals surface area contributed by atoms with Crippen molar-refractivity contribution >= 4 is 27.6 Å². The molecule has 8 rings (SSSR count). The molecule has 0 bridgehead atoms. The Labute approximate surface area is 349 Å². The quantitative estimate of drug-likeness (QED) is 0.150. The average Bonchev–Trinajstić information content (AvgIpc) is 3.22. The number of hydrogen-bond acceptors (Lipinski definition) is 7. The van der Waals surface area contributed by atoms with Crippen molar-refractivity contribution in [3.8, 4) is 22.5 Å². The van der Waals surface area contributed by atoms with E-state index in [2.05, 4.69) is 37.2 Å². The van der Waals surface area contributed by atoms with Gasteiger partial charge in [-0.15, -0.1) is 0 Å². The molecule has 2 fully saturated rings. The summed E-state index contributed by atoms with van der Waals surface area (Å²) in [4.78, 5) is 49.4. The fourth-order valence-corrected chi connectivity index (χ4v) is 7.90. The van der Waals surface area contributed by atoms with E-state index in [-0.39, 0.29) is 22.9 Å². The second-order valence-electron chi connectivity index (χ2n) is 16.7. The number of ether oxygens (including phenoxy) is 1. The van der Waals surface area contributed by atoms with Gasteiger partial charge in [-0.2, -0.15) is 0 Å². The van der Waals surface area contributed by atoms with Crippen LogP contribution in [0.1, 0.15) is 49.9 Å². The third kappa shape index (κ3) is 10.2. The molecule has 2 aliphatic heterocycles. The van der Waals surface area contributed by atoms with Gasteiger partial charge in [0.2, 0.25) is 0 Å². The minimum absolute atomic E-state index is 0.116. The van der Waals surface area contributed by atoms with Gasteiger partial charge in [0.05, 0.1) is 10.8 Å². The molecule has 1 amide bonds. The molecule has 4 aromatic carbocycles. The van der Waals surface area contributed by atoms with Crippen molar-refractivity contribution in [3.05, 3.63) is 140 Å². The first-order valence-electron chi connectivity index (χ1n) is 20.7. The van der Waals surface area contributed by atoms with Crippen LogP contribution in [0.5, 0.6) is 0 Å². The Morgan fingerprint density at radius 2 is 1.23 bits per heavy atom. The molecule has 2 saturated heterocycles. The average molecular weight is 817 g/mol. The lowest BCUT2D eigenvalue weighted by atomic mass is 10.0. The summed E-state index contributed by atoms with van der Waals surface area (Å²) in [6.45, 7) is 18.2. The highest BCUT2D eigenvalue weighted by molar-refractivity contribution is 5.89. The van der Waals surface area contributed by atoms with E-state index >= 15 is 0 Å². The normalized spacial score (nSPS) is 15.2. The highest BCUT2D eigenvalue weighted by Crippen LogP contribution is 2.27. The van der Waals surface area contributed by atoms with Crippen LogP contribution in [0.4, 0.5) is 13.6 Å². The van der Waals surface area contributed by atoms with Crippen LogP contribution in [-0.2, 0) is 24.2 Å². The summed E-state index contributed by atoms with van der Waals surface area (Å²) in [7, 11) is 0. The number of aromatic nitrogens is 2. The standard InChI is InChI=1S/C27H32FN3O3.C21H22FN3O/c1-5-19-10-11-22(28)24-21(19)16-23(29-25(24)32)20-8-6-18(7-9-20)17-30-12-14-31(15-13-30)26(33)34-27(2,3)4;1-14-10-17(22)11-19-18(14)12-20(24-21(19)26)16-4-2-15(3-5-16)13-25-8-6-23-7-9-25/h6-11,16H,5,12-15,17H2,1-4H3,(H,29,32);2-5,10-12,23H,6-9,13H2,1H3,(H,24,26). The number of carbonyl (C=O) groups is 1. The van der Waals surface area contributed by atoms with E-state index in [1.807, 2.05) is 83.1 Å². The van der Waals surface area contributed by atoms with Gasteiger partial charge in [0.1, 0.15) is 17.2 Å². The van der Waals surface area contributed by atoms with Gasteiger partial charge in [-0.1, -0.05) is 61.5 Å². The highest BCUT2D eigenvalue weighted by atomic mass is 19.1. The second-order valence-corrected chi connectivity index (χ2v) is 16.7. The van der Waals surface area contributed by atoms with Crippen LogP contribution >= 0.6 is 0 Å². The first-order valence-corrected chi connectivity index (χ1v) is 20.7. The zero-order valence-electron chi connectivity index (χ0n) is 35.1. The Kier molecular flexibility index (Phi) is 12.9. The zero-order chi connectivity index (χ0) is 42.6. The maximum absolute atomic E-state index is 14.3. The number of amides is 1. The lowest BCUT2D eigenvalue weighted by Gasteiger charge is -2.35. The number of fused-ring (bicyclic) bond motifs is 2. The second kappa shape index (κ2) is 18.3. The maximum Gasteiger partial charge on any atom is 0.410 e. The van der Waals surface area contributed by atoms with Crippen LogP contribution in [0, 0.1) is 18.6 Å². The number of nitrogens with one attached hydrogen (secondary N) is 3. The summed E-state index contributed by atoms with van der Waals surface area (Å²) in [5, 5.41) is 5.31. The molecule has 314 valence electrons. The smallest absolute Gasteiger partial charge is 0.410 e. The molecule has 0 unspecified atom stereocenters. The van der Waals surface area contributed by atoms with Crippen molar-refractivity contribution in [2.45, 2.75) is 59.7 Å². The van der Waals surface area contributed by atoms with Crippen LogP contribution in [0.2, 0.25) is 0 Å². The van der Waals surface area contributed by atoms with Crippen LogP contribution in [0.3, 0.4) is 0 Å². The highest BCUT2D eigenvalue weighted by Gasteiger charge is 2.26. The summed E-state index contributed by atoms with van der Waals surface area (Å²) in [5.74, 6) is -0.882. The van der Waals surface area contributed by atoms with Gasteiger partial charge >= 0.3 is 6.09 Å². The molecule has 0 atom stereocenters. The summed E-state index contributed by atoms with van der Waals surface area (Å²) in [6.07, 6.45) is 0.465. The minimum Gasteiger partial charge on any atom is -0.444 e. The van der Waals surface area contributed by atoms with Crippen molar-refractivity contribution in [2.75, 3.05) is 52.4 Å². The summed E-state index contributed by atoms with van der Waals surface area (Å²) in [5.41, 5.74) is 6.24. The number of rotatable bonds is 7. The summed E-state index contributed by atoms with van der Waals surface area (Å²) in [6, 6.07) is 26.0. The first kappa shape index (κ1) is 42.4. The van der Waals surface area contributed by atoms with Gasteiger partial charge in [-0.3, -0.25) is 19.4 Å². The molecule has 4 heterocycles. The molecule has 12 heteroatoms. The molecule has 0 saturated carbocycles. The van der Waals surface area contributed by atoms with Gasteiger partial charge in [0.15, 0.2) is 0 Å². The van der Waals surface area contributed by atoms with Crippen molar-refractivity contribution < 1.29 is 18.3 Å². The van der Waals surface area contributed by atoms with E-state index in [0.717, 1.165) is 97.7 Å². The monoisotopic (exact) mass is 816 g/mol. The molecule has 0 aliphatic carbocycles. The van der Waals surface area contributed by atoms with Gasteiger partial charge < -0.3 is 24.9 Å². The van der Waals surface area contributed by atoms with Crippen molar-refractivity contribution in [2.24, 2.45) is 0 Å².